The summed E-state index contributed by atoms with van der Waals surface area (Å²) in [5.74, 6) is 1.16. The lowest BCUT2D eigenvalue weighted by atomic mass is 10.2. The highest BCUT2D eigenvalue weighted by molar-refractivity contribution is 8.00. The average Bonchev–Trinajstić information content (AvgIpc) is 3.13. The molecule has 0 saturated carbocycles. The van der Waals surface area contributed by atoms with E-state index < -0.39 is 0 Å². The Hall–Kier alpha value is -2.52. The van der Waals surface area contributed by atoms with Crippen molar-refractivity contribution in [3.8, 4) is 5.75 Å². The molecule has 0 fully saturated rings. The molecule has 3 aromatic rings. The van der Waals surface area contributed by atoms with Gasteiger partial charge in [0, 0.05) is 16.7 Å². The van der Waals surface area contributed by atoms with Gasteiger partial charge in [-0.15, -0.1) is 16.9 Å². The summed E-state index contributed by atoms with van der Waals surface area (Å²) in [4.78, 5) is 16.1. The van der Waals surface area contributed by atoms with Crippen LogP contribution in [0.1, 0.15) is 18.9 Å². The van der Waals surface area contributed by atoms with Gasteiger partial charge < -0.3 is 9.64 Å². The summed E-state index contributed by atoms with van der Waals surface area (Å²) in [5, 5.41) is 13.1. The Labute approximate surface area is 184 Å². The highest BCUT2D eigenvalue weighted by Crippen LogP contribution is 2.37. The molecule has 0 bridgehead atoms. The van der Waals surface area contributed by atoms with Crippen LogP contribution in [0.2, 0.25) is 0 Å². The Kier molecular flexibility index (Phi) is 6.59. The maximum atomic E-state index is 13.1. The number of ether oxygens (including phenoxy) is 1. The zero-order valence-electron chi connectivity index (χ0n) is 16.9. The number of methoxy groups -OCH3 is 1. The second kappa shape index (κ2) is 9.53. The van der Waals surface area contributed by atoms with E-state index in [1.807, 2.05) is 59.1 Å². The van der Waals surface area contributed by atoms with Crippen LogP contribution in [0.15, 0.2) is 58.6 Å². The smallest absolute Gasteiger partial charge is 0.237 e. The maximum Gasteiger partial charge on any atom is 0.237 e. The van der Waals surface area contributed by atoms with Crippen molar-refractivity contribution >= 4 is 35.1 Å². The van der Waals surface area contributed by atoms with E-state index >= 15 is 0 Å². The highest BCUT2D eigenvalue weighted by Gasteiger charge is 2.24. The molecule has 1 aliphatic heterocycles. The van der Waals surface area contributed by atoms with E-state index in [2.05, 4.69) is 28.5 Å². The van der Waals surface area contributed by atoms with Crippen LogP contribution in [0.4, 0.5) is 5.69 Å². The molecule has 1 unspecified atom stereocenters. The fourth-order valence-corrected chi connectivity index (χ4v) is 5.12. The van der Waals surface area contributed by atoms with Crippen molar-refractivity contribution in [2.75, 3.05) is 24.3 Å². The van der Waals surface area contributed by atoms with Gasteiger partial charge in [0.1, 0.15) is 5.75 Å². The molecule has 0 spiro atoms. The van der Waals surface area contributed by atoms with Gasteiger partial charge in [-0.05, 0) is 46.7 Å². The minimum Gasteiger partial charge on any atom is -0.497 e. The molecule has 30 heavy (non-hydrogen) atoms. The van der Waals surface area contributed by atoms with E-state index in [1.165, 1.54) is 11.8 Å². The number of aromatic nitrogens is 4. The van der Waals surface area contributed by atoms with Crippen LogP contribution in [0, 0.1) is 0 Å². The first kappa shape index (κ1) is 20.7. The first-order valence-corrected chi connectivity index (χ1v) is 11.6. The Bertz CT molecular complexity index is 1010. The van der Waals surface area contributed by atoms with Crippen LogP contribution in [0.25, 0.3) is 0 Å². The number of thioether (sulfide) groups is 2. The molecular formula is C21H23N5O2S2. The van der Waals surface area contributed by atoms with Crippen LogP contribution >= 0.6 is 23.5 Å². The van der Waals surface area contributed by atoms with Crippen molar-refractivity contribution in [3.05, 3.63) is 54.1 Å². The van der Waals surface area contributed by atoms with Crippen molar-refractivity contribution in [3.63, 3.8) is 0 Å². The molecule has 7 nitrogen and oxygen atoms in total. The number of anilines is 1. The summed E-state index contributed by atoms with van der Waals surface area (Å²) in [6.45, 7) is 3.47. The predicted molar refractivity (Wildman–Crippen MR) is 119 cm³/mol. The first-order valence-electron chi connectivity index (χ1n) is 9.72. The number of amides is 1. The molecule has 1 aliphatic rings. The SMILES string of the molecule is COc1ccc(Cn2nnnc2SCC(=O)N2CCC(C)Sc3ccccc32)cc1. The normalized spacial score (nSPS) is 16.1. The molecule has 1 aromatic heterocycles. The highest BCUT2D eigenvalue weighted by atomic mass is 32.2. The molecule has 2 heterocycles. The second-order valence-electron chi connectivity index (χ2n) is 6.99. The van der Waals surface area contributed by atoms with E-state index in [0.29, 0.717) is 17.0 Å². The molecule has 0 N–H and O–H groups in total. The lowest BCUT2D eigenvalue weighted by Gasteiger charge is -2.22. The molecule has 4 rings (SSSR count). The van der Waals surface area contributed by atoms with Crippen molar-refractivity contribution in [2.24, 2.45) is 0 Å². The Balaban J connectivity index is 1.43. The van der Waals surface area contributed by atoms with Crippen LogP contribution in [-0.2, 0) is 11.3 Å². The van der Waals surface area contributed by atoms with Crippen LogP contribution in [0.5, 0.6) is 5.75 Å². The Morgan fingerprint density at radius 1 is 1.23 bits per heavy atom. The molecule has 0 radical (unpaired) electrons. The predicted octanol–water partition coefficient (Wildman–Crippen LogP) is 3.74. The Morgan fingerprint density at radius 2 is 2.03 bits per heavy atom. The molecule has 156 valence electrons. The van der Waals surface area contributed by atoms with E-state index in [9.17, 15) is 4.79 Å². The Morgan fingerprint density at radius 3 is 2.83 bits per heavy atom. The van der Waals surface area contributed by atoms with Gasteiger partial charge in [0.15, 0.2) is 0 Å². The zero-order chi connectivity index (χ0) is 20.9. The number of benzene rings is 2. The van der Waals surface area contributed by atoms with E-state index in [-0.39, 0.29) is 11.7 Å². The largest absolute Gasteiger partial charge is 0.497 e. The number of fused-ring (bicyclic) bond motifs is 1. The van der Waals surface area contributed by atoms with Crippen molar-refractivity contribution in [1.29, 1.82) is 0 Å². The van der Waals surface area contributed by atoms with Crippen LogP contribution < -0.4 is 9.64 Å². The molecule has 0 saturated heterocycles. The van der Waals surface area contributed by atoms with E-state index in [1.54, 1.807) is 11.8 Å². The summed E-state index contributed by atoms with van der Waals surface area (Å²) in [6.07, 6.45) is 0.963. The number of carbonyl (C=O) groups is 1. The molecule has 0 aliphatic carbocycles. The first-order chi connectivity index (χ1) is 14.6. The van der Waals surface area contributed by atoms with Crippen molar-refractivity contribution in [2.45, 2.75) is 35.2 Å². The third-order valence-corrected chi connectivity index (χ3v) is 7.04. The summed E-state index contributed by atoms with van der Waals surface area (Å²) < 4.78 is 6.91. The second-order valence-corrected chi connectivity index (χ2v) is 9.41. The lowest BCUT2D eigenvalue weighted by Crippen LogP contribution is -2.33. The molecular weight excluding hydrogens is 418 g/mol. The fraction of sp³-hybridized carbons (Fsp3) is 0.333. The number of hydrogen-bond donors (Lipinski definition) is 0. The van der Waals surface area contributed by atoms with Gasteiger partial charge in [-0.25, -0.2) is 4.68 Å². The van der Waals surface area contributed by atoms with Gasteiger partial charge in [-0.3, -0.25) is 4.79 Å². The van der Waals surface area contributed by atoms with Gasteiger partial charge in [0.25, 0.3) is 0 Å². The van der Waals surface area contributed by atoms with Gasteiger partial charge in [0.05, 0.1) is 25.1 Å². The van der Waals surface area contributed by atoms with Gasteiger partial charge in [-0.1, -0.05) is 43.0 Å². The molecule has 1 amide bonds. The number of carbonyl (C=O) groups excluding carboxylic acids is 1. The number of hydrogen-bond acceptors (Lipinski definition) is 7. The lowest BCUT2D eigenvalue weighted by molar-refractivity contribution is -0.116. The van der Waals surface area contributed by atoms with Crippen LogP contribution in [0.3, 0.4) is 0 Å². The number of rotatable bonds is 6. The fourth-order valence-electron chi connectivity index (χ4n) is 3.25. The quantitative estimate of drug-likeness (QED) is 0.540. The molecule has 9 heteroatoms. The molecule has 2 aromatic carbocycles. The summed E-state index contributed by atoms with van der Waals surface area (Å²) in [6, 6.07) is 15.9. The van der Waals surface area contributed by atoms with Gasteiger partial charge in [-0.2, -0.15) is 0 Å². The number of tetrazole rings is 1. The average molecular weight is 442 g/mol. The van der Waals surface area contributed by atoms with Crippen molar-refractivity contribution in [1.82, 2.24) is 20.2 Å². The van der Waals surface area contributed by atoms with E-state index in [0.717, 1.165) is 34.9 Å². The monoisotopic (exact) mass is 441 g/mol. The standard InChI is InChI=1S/C21H23N5O2S2/c1-15-11-12-25(18-5-3-4-6-19(18)30-15)20(27)14-29-21-22-23-24-26(21)13-16-7-9-17(28-2)10-8-16/h3-10,15H,11-14H2,1-2H3. The summed E-state index contributed by atoms with van der Waals surface area (Å²) >= 11 is 3.20. The topological polar surface area (TPSA) is 73.1 Å². The van der Waals surface area contributed by atoms with E-state index in [4.69, 9.17) is 4.74 Å². The number of para-hydroxylation sites is 1. The minimum atomic E-state index is 0.0705. The van der Waals surface area contributed by atoms with Crippen LogP contribution in [-0.4, -0.2) is 50.8 Å². The number of nitrogens with zero attached hydrogens (tertiary/aromatic N) is 5. The molecule has 1 atom stereocenters. The van der Waals surface area contributed by atoms with Gasteiger partial charge in [0.2, 0.25) is 11.1 Å². The van der Waals surface area contributed by atoms with Crippen molar-refractivity contribution < 1.29 is 9.53 Å². The van der Waals surface area contributed by atoms with Gasteiger partial charge >= 0.3 is 0 Å². The third kappa shape index (κ3) is 4.79. The maximum absolute atomic E-state index is 13.1. The minimum absolute atomic E-state index is 0.0705. The summed E-state index contributed by atoms with van der Waals surface area (Å²) in [5.41, 5.74) is 2.05. The third-order valence-electron chi connectivity index (χ3n) is 4.86. The zero-order valence-corrected chi connectivity index (χ0v) is 18.5. The summed E-state index contributed by atoms with van der Waals surface area (Å²) in [7, 11) is 1.64.